The number of amides is 1. The number of anilines is 4. The first-order valence-corrected chi connectivity index (χ1v) is 15.3. The molecule has 1 aromatic heterocycles. The fourth-order valence-electron chi connectivity index (χ4n) is 5.40. The summed E-state index contributed by atoms with van der Waals surface area (Å²) < 4.78 is 54.8. The molecule has 41 heavy (non-hydrogen) atoms. The Kier molecular flexibility index (Phi) is 7.82. The van der Waals surface area contributed by atoms with Crippen molar-refractivity contribution in [3.8, 4) is 12.3 Å². The number of terminal acetylenes is 1. The van der Waals surface area contributed by atoms with Crippen molar-refractivity contribution in [2.24, 2.45) is 5.41 Å². The highest BCUT2D eigenvalue weighted by Gasteiger charge is 2.44. The second kappa shape index (κ2) is 11.1. The van der Waals surface area contributed by atoms with E-state index in [2.05, 4.69) is 24.9 Å². The van der Waals surface area contributed by atoms with Crippen LogP contribution in [-0.4, -0.2) is 73.4 Å². The lowest BCUT2D eigenvalue weighted by atomic mass is 9.93. The van der Waals surface area contributed by atoms with Gasteiger partial charge in [-0.05, 0) is 56.2 Å². The summed E-state index contributed by atoms with van der Waals surface area (Å²) in [5.74, 6) is -1.30. The number of nitrogens with zero attached hydrogens (tertiary/aromatic N) is 4. The van der Waals surface area contributed by atoms with Crippen LogP contribution in [0.25, 0.3) is 0 Å². The van der Waals surface area contributed by atoms with Crippen LogP contribution in [0, 0.1) is 24.7 Å². The number of benzene rings is 1. The molecule has 1 atom stereocenters. The molecule has 13 heteroatoms. The van der Waals surface area contributed by atoms with Crippen LogP contribution in [0.3, 0.4) is 0 Å². The summed E-state index contributed by atoms with van der Waals surface area (Å²) in [5.41, 5.74) is 2.11. The van der Waals surface area contributed by atoms with Gasteiger partial charge < -0.3 is 20.2 Å². The molecule has 1 aromatic carbocycles. The van der Waals surface area contributed by atoms with Gasteiger partial charge in [-0.15, -0.1) is 6.42 Å². The van der Waals surface area contributed by atoms with E-state index in [-0.39, 0.29) is 43.4 Å². The van der Waals surface area contributed by atoms with Gasteiger partial charge in [-0.25, -0.2) is 22.2 Å². The average Bonchev–Trinajstić information content (AvgIpc) is 3.66. The maximum Gasteiger partial charge on any atom is 0.258 e. The van der Waals surface area contributed by atoms with Crippen molar-refractivity contribution in [1.82, 2.24) is 9.97 Å². The van der Waals surface area contributed by atoms with Gasteiger partial charge >= 0.3 is 0 Å². The number of aryl methyl sites for hydroxylation is 1. The third kappa shape index (κ3) is 7.05. The third-order valence-corrected chi connectivity index (χ3v) is 9.37. The van der Waals surface area contributed by atoms with Crippen molar-refractivity contribution in [2.45, 2.75) is 57.5 Å². The van der Waals surface area contributed by atoms with E-state index in [1.54, 1.807) is 30.0 Å². The number of piperidine rings is 2. The third-order valence-electron chi connectivity index (χ3n) is 8.07. The molecule has 1 saturated carbocycles. The van der Waals surface area contributed by atoms with Crippen LogP contribution in [-0.2, 0) is 10.0 Å². The Bertz CT molecular complexity index is 1450. The number of nitrogens with one attached hydrogen (secondary N) is 2. The minimum atomic E-state index is -3.94. The van der Waals surface area contributed by atoms with E-state index in [1.807, 2.05) is 5.92 Å². The van der Waals surface area contributed by atoms with Gasteiger partial charge in [0.1, 0.15) is 17.7 Å². The van der Waals surface area contributed by atoms with E-state index >= 15 is 0 Å². The fourth-order valence-corrected chi connectivity index (χ4v) is 6.48. The van der Waals surface area contributed by atoms with E-state index in [9.17, 15) is 27.1 Å². The first-order chi connectivity index (χ1) is 19.4. The van der Waals surface area contributed by atoms with Gasteiger partial charge in [0.15, 0.2) is 0 Å². The number of aliphatic hydroxyl groups excluding tert-OH is 1. The standard InChI is InChI=1S/C28H34F2N6O4S/c1-3-21(37)18-41(39,40)34-20-4-5-22(23(17-20)35-12-8-27(6-7-27)9-13-35)25(38)32-24-16-19(2)31-26(33-24)36-14-10-28(29,30)11-15-36/h1,4-5,16-17,21,34,37H,6-15,18H2,2H3,(H,31,32,33,38). The zero-order valence-electron chi connectivity index (χ0n) is 22.9. The van der Waals surface area contributed by atoms with Crippen LogP contribution < -0.4 is 19.8 Å². The second-order valence-electron chi connectivity index (χ2n) is 11.3. The van der Waals surface area contributed by atoms with E-state index < -0.39 is 33.7 Å². The first kappa shape index (κ1) is 29.0. The Morgan fingerprint density at radius 2 is 1.73 bits per heavy atom. The summed E-state index contributed by atoms with van der Waals surface area (Å²) in [6, 6.07) is 6.25. The van der Waals surface area contributed by atoms with Crippen molar-refractivity contribution in [3.63, 3.8) is 0 Å². The van der Waals surface area contributed by atoms with E-state index in [0.717, 1.165) is 25.9 Å². The molecule has 3 heterocycles. The summed E-state index contributed by atoms with van der Waals surface area (Å²) >= 11 is 0. The number of hydrogen-bond acceptors (Lipinski definition) is 8. The number of aliphatic hydroxyl groups is 1. The van der Waals surface area contributed by atoms with Gasteiger partial charge in [-0.1, -0.05) is 5.92 Å². The predicted molar refractivity (Wildman–Crippen MR) is 153 cm³/mol. The normalized spacial score (nSPS) is 20.3. The average molecular weight is 589 g/mol. The van der Waals surface area contributed by atoms with Crippen LogP contribution in [0.5, 0.6) is 0 Å². The molecule has 10 nitrogen and oxygen atoms in total. The molecule has 0 radical (unpaired) electrons. The molecule has 2 aromatic rings. The van der Waals surface area contributed by atoms with Crippen LogP contribution in [0.15, 0.2) is 24.3 Å². The van der Waals surface area contributed by atoms with Crippen LogP contribution in [0.2, 0.25) is 0 Å². The second-order valence-corrected chi connectivity index (χ2v) is 13.0. The lowest BCUT2D eigenvalue weighted by molar-refractivity contribution is -0.0222. The Morgan fingerprint density at radius 1 is 1.07 bits per heavy atom. The minimum Gasteiger partial charge on any atom is -0.379 e. The molecule has 2 aliphatic heterocycles. The van der Waals surface area contributed by atoms with Gasteiger partial charge in [-0.2, -0.15) is 4.98 Å². The van der Waals surface area contributed by atoms with Gasteiger partial charge in [0.05, 0.1) is 16.9 Å². The molecule has 3 fully saturated rings. The molecular formula is C28H34F2N6O4S. The quantitative estimate of drug-likeness (QED) is 0.401. The molecule has 5 rings (SSSR count). The molecule has 1 amide bonds. The summed E-state index contributed by atoms with van der Waals surface area (Å²) in [6.07, 6.45) is 7.49. The number of aromatic nitrogens is 2. The van der Waals surface area contributed by atoms with Crippen molar-refractivity contribution in [3.05, 3.63) is 35.5 Å². The highest BCUT2D eigenvalue weighted by Crippen LogP contribution is 2.54. The SMILES string of the molecule is C#CC(O)CS(=O)(=O)Nc1ccc(C(=O)Nc2cc(C)nc(N3CCC(F)(F)CC3)n2)c(N2CCC3(CC2)CC3)c1. The fraction of sp³-hybridized carbons (Fsp3) is 0.536. The Balaban J connectivity index is 1.39. The Hall–Kier alpha value is -3.50. The number of alkyl halides is 2. The maximum atomic E-state index is 13.7. The molecule has 1 spiro atoms. The van der Waals surface area contributed by atoms with Gasteiger partial charge in [0, 0.05) is 50.8 Å². The van der Waals surface area contributed by atoms with Crippen molar-refractivity contribution >= 4 is 39.1 Å². The molecule has 1 unspecified atom stereocenters. The molecule has 0 bridgehead atoms. The van der Waals surface area contributed by atoms with Gasteiger partial charge in [0.25, 0.3) is 11.8 Å². The van der Waals surface area contributed by atoms with E-state index in [1.165, 1.54) is 18.9 Å². The number of rotatable bonds is 8. The molecule has 3 N–H and O–H groups in total. The van der Waals surface area contributed by atoms with Crippen molar-refractivity contribution in [1.29, 1.82) is 0 Å². The number of carbonyl (C=O) groups is 1. The van der Waals surface area contributed by atoms with Crippen LogP contribution in [0.1, 0.15) is 54.6 Å². The Labute approximate surface area is 238 Å². The topological polar surface area (TPSA) is 128 Å². The summed E-state index contributed by atoms with van der Waals surface area (Å²) in [6.45, 7) is 3.41. The van der Waals surface area contributed by atoms with Gasteiger partial charge in [0.2, 0.25) is 16.0 Å². The number of halogens is 2. The lowest BCUT2D eigenvalue weighted by Crippen LogP contribution is -2.40. The monoisotopic (exact) mass is 588 g/mol. The Morgan fingerprint density at radius 3 is 2.37 bits per heavy atom. The molecule has 1 aliphatic carbocycles. The predicted octanol–water partition coefficient (Wildman–Crippen LogP) is 3.39. The van der Waals surface area contributed by atoms with Crippen molar-refractivity contribution in [2.75, 3.05) is 51.8 Å². The lowest BCUT2D eigenvalue weighted by Gasteiger charge is -2.35. The summed E-state index contributed by atoms with van der Waals surface area (Å²) in [5, 5.41) is 12.4. The molecule has 220 valence electrons. The maximum absolute atomic E-state index is 13.7. The van der Waals surface area contributed by atoms with Crippen LogP contribution in [0.4, 0.5) is 31.9 Å². The first-order valence-electron chi connectivity index (χ1n) is 13.7. The van der Waals surface area contributed by atoms with E-state index in [0.29, 0.717) is 22.4 Å². The summed E-state index contributed by atoms with van der Waals surface area (Å²) in [7, 11) is -3.94. The zero-order valence-corrected chi connectivity index (χ0v) is 23.7. The van der Waals surface area contributed by atoms with E-state index in [4.69, 9.17) is 6.42 Å². The van der Waals surface area contributed by atoms with Crippen LogP contribution >= 0.6 is 0 Å². The molecule has 2 saturated heterocycles. The highest BCUT2D eigenvalue weighted by molar-refractivity contribution is 7.92. The zero-order chi connectivity index (χ0) is 29.4. The summed E-state index contributed by atoms with van der Waals surface area (Å²) in [4.78, 5) is 26.2. The minimum absolute atomic E-state index is 0.111. The smallest absolute Gasteiger partial charge is 0.258 e. The number of carbonyl (C=O) groups excluding carboxylic acids is 1. The molecule has 3 aliphatic rings. The van der Waals surface area contributed by atoms with Crippen molar-refractivity contribution < 1.29 is 27.1 Å². The number of sulfonamides is 1. The largest absolute Gasteiger partial charge is 0.379 e. The number of hydrogen-bond donors (Lipinski definition) is 3. The highest BCUT2D eigenvalue weighted by atomic mass is 32.2. The van der Waals surface area contributed by atoms with Gasteiger partial charge in [-0.3, -0.25) is 9.52 Å². The molecular weight excluding hydrogens is 554 g/mol.